The van der Waals surface area contributed by atoms with Crippen LogP contribution in [0, 0.1) is 6.57 Å². The summed E-state index contributed by atoms with van der Waals surface area (Å²) in [5.41, 5.74) is -5.33. The molecule has 1 saturated heterocycles. The number of hydrazine groups is 1. The lowest BCUT2D eigenvalue weighted by atomic mass is 10.0. The van der Waals surface area contributed by atoms with E-state index >= 15 is 0 Å². The van der Waals surface area contributed by atoms with E-state index in [9.17, 15) is 39.6 Å². The van der Waals surface area contributed by atoms with Crippen molar-refractivity contribution in [3.05, 3.63) is 47.0 Å². The minimum absolute atomic E-state index is 0.0290. The summed E-state index contributed by atoms with van der Waals surface area (Å²) >= 11 is 0. The first-order valence-corrected chi connectivity index (χ1v) is 8.59. The molecule has 2 aliphatic heterocycles. The van der Waals surface area contributed by atoms with Crippen LogP contribution in [0.2, 0.25) is 0 Å². The van der Waals surface area contributed by atoms with Gasteiger partial charge in [-0.05, 0) is 25.1 Å². The molecule has 1 amide bonds. The maximum absolute atomic E-state index is 13.1. The number of amides is 1. The van der Waals surface area contributed by atoms with Gasteiger partial charge < -0.3 is 0 Å². The van der Waals surface area contributed by atoms with Gasteiger partial charge in [0.25, 0.3) is 5.91 Å². The maximum atomic E-state index is 13.1. The van der Waals surface area contributed by atoms with Gasteiger partial charge in [0, 0.05) is 0 Å². The molecule has 0 unspecified atom stereocenters. The van der Waals surface area contributed by atoms with Crippen molar-refractivity contribution in [3.8, 4) is 0 Å². The summed E-state index contributed by atoms with van der Waals surface area (Å²) in [6.45, 7) is 7.64. The predicted molar refractivity (Wildman–Crippen MR) is 81.6 cm³/mol. The Balaban J connectivity index is 2.16. The molecule has 1 aromatic carbocycles. The molecular weight excluding hydrogens is 418 g/mol. The molecule has 0 aliphatic carbocycles. The van der Waals surface area contributed by atoms with Crippen LogP contribution in [0.5, 0.6) is 0 Å². The number of rotatable bonds is 1. The van der Waals surface area contributed by atoms with Gasteiger partial charge in [-0.1, -0.05) is 10.5 Å². The van der Waals surface area contributed by atoms with Crippen molar-refractivity contribution in [1.29, 1.82) is 0 Å². The van der Waals surface area contributed by atoms with Gasteiger partial charge in [-0.3, -0.25) is 10.2 Å². The van der Waals surface area contributed by atoms with Crippen molar-refractivity contribution < 1.29 is 39.6 Å². The van der Waals surface area contributed by atoms with Gasteiger partial charge in [-0.15, -0.1) is 0 Å². The molecule has 1 N–H and O–H groups in total. The average Bonchev–Trinajstić information content (AvgIpc) is 2.99. The Labute approximate surface area is 153 Å². The highest BCUT2D eigenvalue weighted by Gasteiger charge is 2.64. The third-order valence-corrected chi connectivity index (χ3v) is 5.86. The van der Waals surface area contributed by atoms with Gasteiger partial charge in [0.1, 0.15) is 5.70 Å². The Morgan fingerprint density at radius 2 is 1.75 bits per heavy atom. The summed E-state index contributed by atoms with van der Waals surface area (Å²) in [6, 6.07) is 1.74. The molecule has 0 saturated carbocycles. The molecular formula is C14H8F6N4O3S. The van der Waals surface area contributed by atoms with E-state index in [1.54, 1.807) is 5.43 Å². The minimum atomic E-state index is -5.02. The highest BCUT2D eigenvalue weighted by atomic mass is 32.2. The van der Waals surface area contributed by atoms with Crippen LogP contribution in [0.15, 0.2) is 30.0 Å². The molecule has 3 rings (SSSR count). The van der Waals surface area contributed by atoms with Gasteiger partial charge in [0.15, 0.2) is 11.2 Å². The molecule has 7 nitrogen and oxygen atoms in total. The quantitative estimate of drug-likeness (QED) is 0.554. The van der Waals surface area contributed by atoms with Crippen LogP contribution in [-0.2, 0) is 21.2 Å². The van der Waals surface area contributed by atoms with Gasteiger partial charge in [-0.2, -0.15) is 39.1 Å². The number of fused-ring (bicyclic) bond motifs is 1. The molecule has 1 atom stereocenters. The SMILES string of the molecule is [C-]#[N+]c1ccc(N2C(=O)[C@]3(C)C=C(C(F)(F)F)NN3S2(=O)=O)cc1C(F)(F)F. The number of anilines is 1. The zero-order valence-corrected chi connectivity index (χ0v) is 14.4. The van der Waals surface area contributed by atoms with Gasteiger partial charge in [-0.25, -0.2) is 4.85 Å². The van der Waals surface area contributed by atoms with E-state index < -0.39 is 56.6 Å². The zero-order valence-electron chi connectivity index (χ0n) is 13.6. The third kappa shape index (κ3) is 2.69. The smallest absolute Gasteiger partial charge is 0.299 e. The molecule has 150 valence electrons. The largest absolute Gasteiger partial charge is 0.432 e. The van der Waals surface area contributed by atoms with E-state index in [1.807, 2.05) is 0 Å². The van der Waals surface area contributed by atoms with Crippen LogP contribution in [0.1, 0.15) is 12.5 Å². The Hall–Kier alpha value is -2.79. The maximum Gasteiger partial charge on any atom is 0.432 e. The molecule has 0 aromatic heterocycles. The molecule has 14 heteroatoms. The second kappa shape index (κ2) is 5.61. The zero-order chi connectivity index (χ0) is 21.3. The number of hydrogen-bond acceptors (Lipinski definition) is 4. The van der Waals surface area contributed by atoms with Crippen molar-refractivity contribution in [2.24, 2.45) is 0 Å². The Kier molecular flexibility index (Phi) is 4.00. The number of nitrogens with zero attached hydrogens (tertiary/aromatic N) is 3. The van der Waals surface area contributed by atoms with E-state index in [2.05, 4.69) is 4.85 Å². The molecule has 0 spiro atoms. The van der Waals surface area contributed by atoms with Crippen LogP contribution in [0.25, 0.3) is 4.85 Å². The van der Waals surface area contributed by atoms with E-state index in [-0.39, 0.29) is 14.8 Å². The summed E-state index contributed by atoms with van der Waals surface area (Å²) in [5, 5.41) is 0. The number of nitrogens with one attached hydrogen (secondary N) is 1. The average molecular weight is 426 g/mol. The van der Waals surface area contributed by atoms with Crippen LogP contribution in [-0.4, -0.2) is 30.5 Å². The first-order valence-electron chi connectivity index (χ1n) is 7.19. The topological polar surface area (TPSA) is 74.1 Å². The summed E-state index contributed by atoms with van der Waals surface area (Å²) in [6.07, 6.45) is -9.66. The lowest BCUT2D eigenvalue weighted by Crippen LogP contribution is -2.47. The van der Waals surface area contributed by atoms with Gasteiger partial charge in [0.05, 0.1) is 17.8 Å². The van der Waals surface area contributed by atoms with Crippen molar-refractivity contribution in [3.63, 3.8) is 0 Å². The number of hydrogen-bond donors (Lipinski definition) is 1. The number of benzene rings is 1. The van der Waals surface area contributed by atoms with Crippen LogP contribution in [0.3, 0.4) is 0 Å². The van der Waals surface area contributed by atoms with Crippen molar-refractivity contribution in [1.82, 2.24) is 9.84 Å². The van der Waals surface area contributed by atoms with Crippen molar-refractivity contribution in [2.45, 2.75) is 24.8 Å². The number of halogens is 6. The molecule has 2 heterocycles. The Morgan fingerprint density at radius 1 is 1.14 bits per heavy atom. The van der Waals surface area contributed by atoms with Crippen LogP contribution < -0.4 is 9.73 Å². The predicted octanol–water partition coefficient (Wildman–Crippen LogP) is 2.87. The van der Waals surface area contributed by atoms with E-state index in [4.69, 9.17) is 6.57 Å². The van der Waals surface area contributed by atoms with E-state index in [0.29, 0.717) is 12.1 Å². The first kappa shape index (κ1) is 20.0. The Bertz CT molecular complexity index is 1060. The fourth-order valence-corrected chi connectivity index (χ4v) is 4.57. The highest BCUT2D eigenvalue weighted by molar-refractivity contribution is 7.91. The molecule has 1 aromatic rings. The minimum Gasteiger partial charge on any atom is -0.299 e. The second-order valence-electron chi connectivity index (χ2n) is 5.97. The third-order valence-electron chi connectivity index (χ3n) is 4.09. The van der Waals surface area contributed by atoms with E-state index in [1.165, 1.54) is 0 Å². The number of allylic oxidation sites excluding steroid dienone is 1. The summed E-state index contributed by atoms with van der Waals surface area (Å²) < 4.78 is 103. The number of carbonyl (C=O) groups is 1. The second-order valence-corrected chi connectivity index (χ2v) is 7.59. The van der Waals surface area contributed by atoms with Crippen LogP contribution in [0.4, 0.5) is 37.7 Å². The molecule has 0 radical (unpaired) electrons. The normalized spacial score (nSPS) is 24.6. The Morgan fingerprint density at radius 3 is 2.21 bits per heavy atom. The molecule has 2 aliphatic rings. The standard InChI is InChI=1S/C14H8F6N4O3S/c1-12-6-10(14(18,19)20)22-24(12)28(26,27)23(11(12)25)7-3-4-9(21-2)8(5-7)13(15,16)17/h3-6,22H,1H3/t12-/m0/s1. The molecule has 1 fully saturated rings. The van der Waals surface area contributed by atoms with Crippen molar-refractivity contribution in [2.75, 3.05) is 4.31 Å². The lowest BCUT2D eigenvalue weighted by molar-refractivity contribution is -0.136. The first-order chi connectivity index (χ1) is 12.6. The van der Waals surface area contributed by atoms with Crippen LogP contribution >= 0.6 is 0 Å². The summed E-state index contributed by atoms with van der Waals surface area (Å²) in [7, 11) is -4.99. The van der Waals surface area contributed by atoms with Gasteiger partial charge in [0.2, 0.25) is 0 Å². The monoisotopic (exact) mass is 426 g/mol. The molecule has 28 heavy (non-hydrogen) atoms. The van der Waals surface area contributed by atoms with Crippen molar-refractivity contribution >= 4 is 27.5 Å². The van der Waals surface area contributed by atoms with E-state index in [0.717, 1.165) is 13.0 Å². The van der Waals surface area contributed by atoms with Gasteiger partial charge >= 0.3 is 22.6 Å². The summed E-state index contributed by atoms with van der Waals surface area (Å²) in [5.74, 6) is -1.41. The highest BCUT2D eigenvalue weighted by Crippen LogP contribution is 2.45. The number of alkyl halides is 6. The molecule has 0 bridgehead atoms. The fourth-order valence-electron chi connectivity index (χ4n) is 2.81. The lowest BCUT2D eigenvalue weighted by Gasteiger charge is -2.21. The fraction of sp³-hybridized carbons (Fsp3) is 0.286. The summed E-state index contributed by atoms with van der Waals surface area (Å²) in [4.78, 5) is 15.3. The number of carbonyl (C=O) groups excluding carboxylic acids is 1.